The van der Waals surface area contributed by atoms with Crippen molar-refractivity contribution >= 4 is 44.4 Å². The molecule has 10 nitrogen and oxygen atoms in total. The lowest BCUT2D eigenvalue weighted by Gasteiger charge is -2.31. The summed E-state index contributed by atoms with van der Waals surface area (Å²) < 4.78 is 18.2. The number of morpholine rings is 1. The maximum atomic E-state index is 11.1. The second-order valence-corrected chi connectivity index (χ2v) is 9.99. The Morgan fingerprint density at radius 3 is 2.58 bits per heavy atom. The fourth-order valence-corrected chi connectivity index (χ4v) is 4.75. The van der Waals surface area contributed by atoms with Gasteiger partial charge in [0.05, 0.1) is 36.5 Å². The molecule has 11 heteroatoms. The van der Waals surface area contributed by atoms with Crippen LogP contribution in [0, 0.1) is 0 Å². The molecule has 2 aliphatic rings. The zero-order valence-corrected chi connectivity index (χ0v) is 21.7. The van der Waals surface area contributed by atoms with Crippen LogP contribution in [0.3, 0.4) is 0 Å². The number of anilines is 2. The molecule has 5 rings (SSSR count). The molecule has 3 aromatic heterocycles. The second kappa shape index (κ2) is 11.3. The molecule has 0 unspecified atom stereocenters. The smallest absolute Gasteiger partial charge is 0.225 e. The number of ketones is 1. The van der Waals surface area contributed by atoms with Gasteiger partial charge in [-0.25, -0.2) is 9.97 Å². The number of fused-ring (bicyclic) bond motifs is 1. The summed E-state index contributed by atoms with van der Waals surface area (Å²) in [4.78, 5) is 31.4. The van der Waals surface area contributed by atoms with Crippen LogP contribution in [-0.4, -0.2) is 70.8 Å². The Morgan fingerprint density at radius 2 is 1.86 bits per heavy atom. The van der Waals surface area contributed by atoms with Crippen LogP contribution in [0.5, 0.6) is 11.6 Å². The van der Waals surface area contributed by atoms with E-state index in [1.807, 2.05) is 12.1 Å². The molecule has 0 bridgehead atoms. The van der Waals surface area contributed by atoms with E-state index in [1.165, 1.54) is 6.92 Å². The van der Waals surface area contributed by atoms with E-state index in [9.17, 15) is 4.79 Å². The van der Waals surface area contributed by atoms with E-state index >= 15 is 0 Å². The van der Waals surface area contributed by atoms with Gasteiger partial charge in [-0.3, -0.25) is 9.78 Å². The molecule has 1 N–H and O–H groups in total. The molecule has 0 amide bonds. The molecule has 1 saturated heterocycles. The topological polar surface area (TPSA) is 112 Å². The van der Waals surface area contributed by atoms with Crippen LogP contribution < -0.4 is 19.7 Å². The lowest BCUT2D eigenvalue weighted by Crippen LogP contribution is -2.37. The molecule has 36 heavy (non-hydrogen) atoms. The monoisotopic (exact) mass is 556 g/mol. The Bertz CT molecular complexity index is 1200. The molecular formula is C25H29BrN6O4. The number of aromatic nitrogens is 4. The van der Waals surface area contributed by atoms with Crippen molar-refractivity contribution in [2.24, 2.45) is 0 Å². The number of nitrogens with zero attached hydrogens (tertiary/aromatic N) is 5. The first-order chi connectivity index (χ1) is 17.5. The number of Topliss-reactive ketones (excluding diaryl/α,β-unsaturated/α-hetero) is 1. The molecule has 0 radical (unpaired) electrons. The maximum Gasteiger partial charge on any atom is 0.225 e. The molecule has 0 spiro atoms. The number of halogens is 1. The van der Waals surface area contributed by atoms with Gasteiger partial charge in [-0.15, -0.1) is 0 Å². The second-order valence-electron chi connectivity index (χ2n) is 9.07. The van der Waals surface area contributed by atoms with Crippen molar-refractivity contribution in [2.75, 3.05) is 43.1 Å². The predicted octanol–water partition coefficient (Wildman–Crippen LogP) is 3.79. The van der Waals surface area contributed by atoms with Gasteiger partial charge in [0.1, 0.15) is 18.5 Å². The van der Waals surface area contributed by atoms with Crippen LogP contribution in [0.1, 0.15) is 32.6 Å². The standard InChI is InChI=1S/C25H29BrN6O4/c1-16(33)15-35-20-13-28-25(29-14-20)30-18-2-4-19(5-3-18)36-24-21-10-17(26)12-27-22(21)11-23(31-24)32-6-8-34-9-7-32/h10-14,18-19H,2-9,15H2,1H3,(H,28,29,30). The van der Waals surface area contributed by atoms with Gasteiger partial charge in [0.15, 0.2) is 11.5 Å². The summed E-state index contributed by atoms with van der Waals surface area (Å²) in [5.41, 5.74) is 0.868. The normalized spacial score (nSPS) is 20.2. The van der Waals surface area contributed by atoms with Crippen molar-refractivity contribution in [2.45, 2.75) is 44.8 Å². The van der Waals surface area contributed by atoms with Crippen LogP contribution >= 0.6 is 15.9 Å². The fraction of sp³-hybridized carbons (Fsp3) is 0.480. The van der Waals surface area contributed by atoms with Gasteiger partial charge >= 0.3 is 0 Å². The molecule has 4 heterocycles. The van der Waals surface area contributed by atoms with E-state index in [2.05, 4.69) is 41.1 Å². The number of carbonyl (C=O) groups excluding carboxylic acids is 1. The van der Waals surface area contributed by atoms with Crippen molar-refractivity contribution in [1.82, 2.24) is 19.9 Å². The number of carbonyl (C=O) groups is 1. The summed E-state index contributed by atoms with van der Waals surface area (Å²) in [5, 5.41) is 4.30. The lowest BCUT2D eigenvalue weighted by molar-refractivity contribution is -0.118. The zero-order chi connectivity index (χ0) is 24.9. The van der Waals surface area contributed by atoms with E-state index in [0.29, 0.717) is 30.8 Å². The summed E-state index contributed by atoms with van der Waals surface area (Å²) in [6.07, 6.45) is 8.68. The van der Waals surface area contributed by atoms with Crippen molar-refractivity contribution in [1.29, 1.82) is 0 Å². The van der Waals surface area contributed by atoms with E-state index in [1.54, 1.807) is 18.6 Å². The van der Waals surface area contributed by atoms with Gasteiger partial charge in [-0.1, -0.05) is 0 Å². The molecule has 1 saturated carbocycles. The SMILES string of the molecule is CC(=O)COc1cnc(NC2CCC(Oc3nc(N4CCOCC4)cc4ncc(Br)cc34)CC2)nc1. The maximum absolute atomic E-state index is 11.1. The highest BCUT2D eigenvalue weighted by Gasteiger charge is 2.25. The van der Waals surface area contributed by atoms with Crippen molar-refractivity contribution in [3.8, 4) is 11.6 Å². The van der Waals surface area contributed by atoms with Gasteiger partial charge < -0.3 is 24.4 Å². The van der Waals surface area contributed by atoms with Crippen molar-refractivity contribution in [3.63, 3.8) is 0 Å². The van der Waals surface area contributed by atoms with E-state index in [4.69, 9.17) is 19.2 Å². The lowest BCUT2D eigenvalue weighted by atomic mass is 9.93. The first-order valence-corrected chi connectivity index (χ1v) is 13.0. The molecule has 0 aromatic carbocycles. The molecule has 190 valence electrons. The van der Waals surface area contributed by atoms with Crippen LogP contribution in [0.2, 0.25) is 0 Å². The number of rotatable bonds is 8. The van der Waals surface area contributed by atoms with Crippen LogP contribution in [-0.2, 0) is 9.53 Å². The van der Waals surface area contributed by atoms with E-state index in [0.717, 1.165) is 60.0 Å². The molecule has 1 aliphatic carbocycles. The van der Waals surface area contributed by atoms with Crippen LogP contribution in [0.4, 0.5) is 11.8 Å². The third-order valence-corrected chi connectivity index (χ3v) is 6.72. The minimum Gasteiger partial charge on any atom is -0.483 e. The zero-order valence-electron chi connectivity index (χ0n) is 20.2. The number of hydrogen-bond donors (Lipinski definition) is 1. The number of ether oxygens (including phenoxy) is 3. The Hall–Kier alpha value is -3.05. The van der Waals surface area contributed by atoms with Crippen LogP contribution in [0.25, 0.3) is 10.9 Å². The Kier molecular flexibility index (Phi) is 7.76. The largest absolute Gasteiger partial charge is 0.483 e. The van der Waals surface area contributed by atoms with E-state index < -0.39 is 0 Å². The quantitative estimate of drug-likeness (QED) is 0.439. The minimum absolute atomic E-state index is 0.0205. The highest BCUT2D eigenvalue weighted by atomic mass is 79.9. The van der Waals surface area contributed by atoms with Gasteiger partial charge in [0.2, 0.25) is 11.8 Å². The molecular weight excluding hydrogens is 528 g/mol. The third-order valence-electron chi connectivity index (χ3n) is 6.29. The van der Waals surface area contributed by atoms with Crippen LogP contribution in [0.15, 0.2) is 35.2 Å². The summed E-state index contributed by atoms with van der Waals surface area (Å²) in [6, 6.07) is 4.30. The van der Waals surface area contributed by atoms with Crippen molar-refractivity contribution < 1.29 is 19.0 Å². The first-order valence-electron chi connectivity index (χ1n) is 12.2. The molecule has 1 aliphatic heterocycles. The van der Waals surface area contributed by atoms with Gasteiger partial charge in [-0.2, -0.15) is 4.98 Å². The summed E-state index contributed by atoms with van der Waals surface area (Å²) in [6.45, 7) is 4.49. The van der Waals surface area contributed by atoms with Gasteiger partial charge in [0, 0.05) is 35.9 Å². The van der Waals surface area contributed by atoms with E-state index in [-0.39, 0.29) is 24.5 Å². The molecule has 3 aromatic rings. The fourth-order valence-electron chi connectivity index (χ4n) is 4.41. The average Bonchev–Trinajstić information content (AvgIpc) is 2.90. The Labute approximate surface area is 217 Å². The highest BCUT2D eigenvalue weighted by molar-refractivity contribution is 9.10. The predicted molar refractivity (Wildman–Crippen MR) is 139 cm³/mol. The molecule has 0 atom stereocenters. The number of pyridine rings is 2. The first kappa shape index (κ1) is 24.6. The summed E-state index contributed by atoms with van der Waals surface area (Å²) in [5.74, 6) is 2.49. The Balaban J connectivity index is 1.22. The summed E-state index contributed by atoms with van der Waals surface area (Å²) in [7, 11) is 0. The minimum atomic E-state index is -0.0453. The summed E-state index contributed by atoms with van der Waals surface area (Å²) >= 11 is 3.53. The number of nitrogens with one attached hydrogen (secondary N) is 1. The van der Waals surface area contributed by atoms with Gasteiger partial charge in [-0.05, 0) is 54.6 Å². The highest BCUT2D eigenvalue weighted by Crippen LogP contribution is 2.32. The van der Waals surface area contributed by atoms with Crippen molar-refractivity contribution in [3.05, 3.63) is 35.2 Å². The molecule has 2 fully saturated rings. The van der Waals surface area contributed by atoms with Gasteiger partial charge in [0.25, 0.3) is 0 Å². The number of hydrogen-bond acceptors (Lipinski definition) is 10. The Morgan fingerprint density at radius 1 is 1.11 bits per heavy atom. The average molecular weight is 557 g/mol. The third kappa shape index (κ3) is 6.19.